The fourth-order valence-corrected chi connectivity index (χ4v) is 2.00. The fraction of sp³-hybridized carbons (Fsp3) is 0.0909. The molecular weight excluding hydrogens is 352 g/mol. The van der Waals surface area contributed by atoms with Crippen LogP contribution in [0, 0.1) is 9.39 Å². The molecule has 0 saturated heterocycles. The minimum Gasteiger partial charge on any atom is -0.389 e. The van der Waals surface area contributed by atoms with Crippen molar-refractivity contribution in [2.24, 2.45) is 5.73 Å². The molecular formula is C11H9FIN3S. The molecule has 0 unspecified atom stereocenters. The van der Waals surface area contributed by atoms with E-state index in [4.69, 9.17) is 18.0 Å². The molecule has 2 aromatic rings. The van der Waals surface area contributed by atoms with Gasteiger partial charge in [0.2, 0.25) is 0 Å². The van der Waals surface area contributed by atoms with Crippen LogP contribution >= 0.6 is 34.8 Å². The van der Waals surface area contributed by atoms with Gasteiger partial charge in [-0.3, -0.25) is 4.68 Å². The summed E-state index contributed by atoms with van der Waals surface area (Å²) in [5.74, 6) is -0.319. The summed E-state index contributed by atoms with van der Waals surface area (Å²) < 4.78 is 16.4. The molecule has 1 heterocycles. The molecule has 0 amide bonds. The number of hydrogen-bond acceptors (Lipinski definition) is 2. The maximum atomic E-state index is 13.7. The van der Waals surface area contributed by atoms with Gasteiger partial charge in [-0.1, -0.05) is 24.4 Å². The zero-order valence-corrected chi connectivity index (χ0v) is 11.7. The van der Waals surface area contributed by atoms with Gasteiger partial charge in [-0.25, -0.2) is 4.39 Å². The van der Waals surface area contributed by atoms with E-state index in [1.54, 1.807) is 23.0 Å². The lowest BCUT2D eigenvalue weighted by molar-refractivity contribution is 0.585. The van der Waals surface area contributed by atoms with Crippen molar-refractivity contribution in [3.8, 4) is 0 Å². The Morgan fingerprint density at radius 1 is 1.53 bits per heavy atom. The van der Waals surface area contributed by atoms with E-state index in [1.807, 2.05) is 6.20 Å². The topological polar surface area (TPSA) is 43.8 Å². The van der Waals surface area contributed by atoms with E-state index in [0.29, 0.717) is 17.7 Å². The van der Waals surface area contributed by atoms with Gasteiger partial charge in [0, 0.05) is 17.3 Å². The number of nitrogens with two attached hydrogens (primary N) is 1. The van der Waals surface area contributed by atoms with Crippen LogP contribution in [0.2, 0.25) is 0 Å². The highest BCUT2D eigenvalue weighted by Crippen LogP contribution is 2.12. The van der Waals surface area contributed by atoms with Crippen molar-refractivity contribution in [1.29, 1.82) is 0 Å². The Bertz CT molecular complexity index is 568. The lowest BCUT2D eigenvalue weighted by Crippen LogP contribution is -2.10. The SMILES string of the molecule is NC(=S)c1ccc(Cn2cc(I)cn2)c(F)c1. The third-order valence-electron chi connectivity index (χ3n) is 2.27. The largest absolute Gasteiger partial charge is 0.389 e. The van der Waals surface area contributed by atoms with Gasteiger partial charge in [0.15, 0.2) is 0 Å². The number of hydrogen-bond donors (Lipinski definition) is 1. The maximum absolute atomic E-state index is 13.7. The molecule has 6 heteroatoms. The molecule has 88 valence electrons. The highest BCUT2D eigenvalue weighted by atomic mass is 127. The molecule has 3 nitrogen and oxygen atoms in total. The number of nitrogens with zero attached hydrogens (tertiary/aromatic N) is 2. The van der Waals surface area contributed by atoms with Crippen molar-refractivity contribution in [2.45, 2.75) is 6.54 Å². The average molecular weight is 361 g/mol. The highest BCUT2D eigenvalue weighted by Gasteiger charge is 2.06. The Morgan fingerprint density at radius 2 is 2.29 bits per heavy atom. The molecule has 0 aliphatic rings. The van der Waals surface area contributed by atoms with E-state index in [2.05, 4.69) is 27.7 Å². The number of benzene rings is 1. The van der Waals surface area contributed by atoms with Crippen LogP contribution in [0.4, 0.5) is 4.39 Å². The van der Waals surface area contributed by atoms with E-state index in [0.717, 1.165) is 3.57 Å². The van der Waals surface area contributed by atoms with Crippen LogP contribution < -0.4 is 5.73 Å². The summed E-state index contributed by atoms with van der Waals surface area (Å²) in [4.78, 5) is 0.198. The molecule has 17 heavy (non-hydrogen) atoms. The van der Waals surface area contributed by atoms with E-state index < -0.39 is 0 Å². The molecule has 1 aromatic carbocycles. The Labute approximate surface area is 117 Å². The Balaban J connectivity index is 2.25. The van der Waals surface area contributed by atoms with Gasteiger partial charge < -0.3 is 5.73 Å². The minimum atomic E-state index is -0.319. The molecule has 2 rings (SSSR count). The third-order valence-corrected chi connectivity index (χ3v) is 3.06. The van der Waals surface area contributed by atoms with Crippen LogP contribution in [0.3, 0.4) is 0 Å². The maximum Gasteiger partial charge on any atom is 0.128 e. The molecule has 0 aliphatic heterocycles. The zero-order valence-electron chi connectivity index (χ0n) is 8.73. The third kappa shape index (κ3) is 3.01. The fourth-order valence-electron chi connectivity index (χ4n) is 1.43. The van der Waals surface area contributed by atoms with E-state index in [-0.39, 0.29) is 10.8 Å². The van der Waals surface area contributed by atoms with Crippen molar-refractivity contribution < 1.29 is 4.39 Å². The molecule has 1 aromatic heterocycles. The summed E-state index contributed by atoms with van der Waals surface area (Å²) in [5.41, 5.74) is 6.53. The first-order chi connectivity index (χ1) is 8.06. The Hall–Kier alpha value is -1.02. The van der Waals surface area contributed by atoms with Crippen LogP contribution in [-0.2, 0) is 6.54 Å². The summed E-state index contributed by atoms with van der Waals surface area (Å²) in [6.07, 6.45) is 3.57. The van der Waals surface area contributed by atoms with Crippen molar-refractivity contribution in [1.82, 2.24) is 9.78 Å². The van der Waals surface area contributed by atoms with Gasteiger partial charge in [0.25, 0.3) is 0 Å². The van der Waals surface area contributed by atoms with Gasteiger partial charge in [-0.15, -0.1) is 0 Å². The van der Waals surface area contributed by atoms with Crippen molar-refractivity contribution in [3.63, 3.8) is 0 Å². The first-order valence-electron chi connectivity index (χ1n) is 4.82. The van der Waals surface area contributed by atoms with Crippen LogP contribution in [0.1, 0.15) is 11.1 Å². The number of aromatic nitrogens is 2. The molecule has 2 N–H and O–H groups in total. The summed E-state index contributed by atoms with van der Waals surface area (Å²) in [6, 6.07) is 4.75. The molecule has 0 bridgehead atoms. The lowest BCUT2D eigenvalue weighted by atomic mass is 10.1. The Kier molecular flexibility index (Phi) is 3.72. The molecule has 0 radical (unpaired) electrons. The molecule has 0 saturated carbocycles. The second kappa shape index (κ2) is 5.09. The average Bonchev–Trinajstić information content (AvgIpc) is 2.67. The lowest BCUT2D eigenvalue weighted by Gasteiger charge is -2.05. The van der Waals surface area contributed by atoms with E-state index in [1.165, 1.54) is 6.07 Å². The van der Waals surface area contributed by atoms with Gasteiger partial charge >= 0.3 is 0 Å². The van der Waals surface area contributed by atoms with Crippen LogP contribution in [-0.4, -0.2) is 14.8 Å². The molecule has 0 atom stereocenters. The second-order valence-electron chi connectivity index (χ2n) is 3.53. The predicted octanol–water partition coefficient (Wildman–Crippen LogP) is 2.31. The van der Waals surface area contributed by atoms with Crippen LogP contribution in [0.25, 0.3) is 0 Å². The summed E-state index contributed by atoms with van der Waals surface area (Å²) in [5, 5.41) is 4.10. The van der Waals surface area contributed by atoms with Crippen molar-refractivity contribution in [3.05, 3.63) is 51.1 Å². The minimum absolute atomic E-state index is 0.198. The quantitative estimate of drug-likeness (QED) is 0.674. The normalized spacial score (nSPS) is 10.5. The summed E-state index contributed by atoms with van der Waals surface area (Å²) in [6.45, 7) is 0.395. The van der Waals surface area contributed by atoms with E-state index >= 15 is 0 Å². The number of thiocarbonyl (C=S) groups is 1. The molecule has 0 aliphatic carbocycles. The van der Waals surface area contributed by atoms with Gasteiger partial charge in [0.1, 0.15) is 10.8 Å². The highest BCUT2D eigenvalue weighted by molar-refractivity contribution is 14.1. The summed E-state index contributed by atoms with van der Waals surface area (Å²) >= 11 is 6.95. The van der Waals surface area contributed by atoms with Crippen molar-refractivity contribution in [2.75, 3.05) is 0 Å². The number of halogens is 2. The van der Waals surface area contributed by atoms with Crippen molar-refractivity contribution >= 4 is 39.8 Å². The zero-order chi connectivity index (χ0) is 12.4. The van der Waals surface area contributed by atoms with Crippen LogP contribution in [0.5, 0.6) is 0 Å². The van der Waals surface area contributed by atoms with Gasteiger partial charge in [-0.05, 0) is 28.7 Å². The smallest absolute Gasteiger partial charge is 0.128 e. The first-order valence-corrected chi connectivity index (χ1v) is 6.31. The monoisotopic (exact) mass is 361 g/mol. The second-order valence-corrected chi connectivity index (χ2v) is 5.21. The molecule has 0 fully saturated rings. The predicted molar refractivity (Wildman–Crippen MR) is 76.3 cm³/mol. The standard InChI is InChI=1S/C11H9FIN3S/c12-10-3-7(11(14)17)1-2-8(10)5-16-6-9(13)4-15-16/h1-4,6H,5H2,(H2,14,17). The summed E-state index contributed by atoms with van der Waals surface area (Å²) in [7, 11) is 0. The first kappa shape index (κ1) is 12.4. The Morgan fingerprint density at radius 3 is 2.82 bits per heavy atom. The molecule has 0 spiro atoms. The van der Waals surface area contributed by atoms with Crippen LogP contribution in [0.15, 0.2) is 30.6 Å². The van der Waals surface area contributed by atoms with Gasteiger partial charge in [0.05, 0.1) is 16.3 Å². The van der Waals surface area contributed by atoms with Gasteiger partial charge in [-0.2, -0.15) is 5.10 Å². The van der Waals surface area contributed by atoms with E-state index in [9.17, 15) is 4.39 Å². The number of rotatable bonds is 3.